The second-order valence-electron chi connectivity index (χ2n) is 3.95. The molecule has 0 saturated carbocycles. The summed E-state index contributed by atoms with van der Waals surface area (Å²) < 4.78 is 0. The molecule has 1 amide bonds. The molecule has 1 N–H and O–H groups in total. The average Bonchev–Trinajstić information content (AvgIpc) is 2.43. The first-order valence-electron chi connectivity index (χ1n) is 5.75. The summed E-state index contributed by atoms with van der Waals surface area (Å²) in [6, 6.07) is 12.3. The largest absolute Gasteiger partial charge is 0.321 e. The van der Waals surface area contributed by atoms with Crippen LogP contribution in [-0.4, -0.2) is 5.91 Å². The van der Waals surface area contributed by atoms with Gasteiger partial charge in [0.1, 0.15) is 0 Å². The highest BCUT2D eigenvalue weighted by Gasteiger charge is 2.06. The molecule has 20 heavy (non-hydrogen) atoms. The van der Waals surface area contributed by atoms with Crippen LogP contribution in [0.1, 0.15) is 5.56 Å². The predicted octanol–water partition coefficient (Wildman–Crippen LogP) is 5.30. The van der Waals surface area contributed by atoms with Crippen molar-refractivity contribution in [2.45, 2.75) is 0 Å². The van der Waals surface area contributed by atoms with Gasteiger partial charge in [0.2, 0.25) is 5.91 Å². The zero-order valence-corrected chi connectivity index (χ0v) is 12.5. The Labute approximate surface area is 132 Å². The zero-order chi connectivity index (χ0) is 14.5. The van der Waals surface area contributed by atoms with E-state index >= 15 is 0 Å². The van der Waals surface area contributed by atoms with Gasteiger partial charge in [0.05, 0.1) is 15.7 Å². The Bertz CT molecular complexity index is 668. The molecule has 0 aromatic heterocycles. The second-order valence-corrected chi connectivity index (χ2v) is 5.14. The molecule has 0 atom stereocenters. The molecule has 102 valence electrons. The number of hydrogen-bond acceptors (Lipinski definition) is 1. The van der Waals surface area contributed by atoms with Gasteiger partial charge in [-0.2, -0.15) is 0 Å². The van der Waals surface area contributed by atoms with Crippen LogP contribution in [-0.2, 0) is 4.79 Å². The third kappa shape index (κ3) is 3.76. The van der Waals surface area contributed by atoms with Crippen molar-refractivity contribution in [1.82, 2.24) is 0 Å². The lowest BCUT2D eigenvalue weighted by molar-refractivity contribution is -0.111. The Balaban J connectivity index is 2.10. The molecule has 0 radical (unpaired) electrons. The van der Waals surface area contributed by atoms with Crippen LogP contribution in [0.4, 0.5) is 5.69 Å². The molecule has 0 aliphatic carbocycles. The number of carbonyl (C=O) groups excluding carboxylic acids is 1. The maximum Gasteiger partial charge on any atom is 0.248 e. The van der Waals surface area contributed by atoms with Crippen molar-refractivity contribution in [2.75, 3.05) is 5.32 Å². The van der Waals surface area contributed by atoms with E-state index in [4.69, 9.17) is 34.8 Å². The number of benzene rings is 2. The van der Waals surface area contributed by atoms with E-state index in [9.17, 15) is 4.79 Å². The summed E-state index contributed by atoms with van der Waals surface area (Å²) in [5.41, 5.74) is 1.23. The predicted molar refractivity (Wildman–Crippen MR) is 85.6 cm³/mol. The van der Waals surface area contributed by atoms with E-state index in [1.54, 1.807) is 30.3 Å². The first-order valence-corrected chi connectivity index (χ1v) is 6.89. The van der Waals surface area contributed by atoms with Gasteiger partial charge in [0.25, 0.3) is 0 Å². The summed E-state index contributed by atoms with van der Waals surface area (Å²) in [5, 5.41) is 3.94. The molecule has 0 saturated heterocycles. The van der Waals surface area contributed by atoms with Crippen molar-refractivity contribution in [1.29, 1.82) is 0 Å². The number of anilines is 1. The lowest BCUT2D eigenvalue weighted by atomic mass is 10.2. The van der Waals surface area contributed by atoms with Gasteiger partial charge in [-0.25, -0.2) is 0 Å². The van der Waals surface area contributed by atoms with E-state index in [2.05, 4.69) is 5.32 Å². The quantitative estimate of drug-likeness (QED) is 0.762. The smallest absolute Gasteiger partial charge is 0.248 e. The number of hydrogen-bond donors (Lipinski definition) is 1. The monoisotopic (exact) mass is 325 g/mol. The number of amides is 1. The Morgan fingerprint density at radius 2 is 1.65 bits per heavy atom. The van der Waals surface area contributed by atoms with E-state index in [-0.39, 0.29) is 5.91 Å². The van der Waals surface area contributed by atoms with Crippen molar-refractivity contribution in [3.05, 3.63) is 69.2 Å². The van der Waals surface area contributed by atoms with Crippen LogP contribution < -0.4 is 5.32 Å². The number of rotatable bonds is 3. The molecular formula is C15H10Cl3NO. The van der Waals surface area contributed by atoms with Gasteiger partial charge in [-0.3, -0.25) is 4.79 Å². The molecule has 0 heterocycles. The van der Waals surface area contributed by atoms with E-state index in [0.29, 0.717) is 20.8 Å². The summed E-state index contributed by atoms with van der Waals surface area (Å²) in [5.74, 6) is -0.311. The molecule has 0 aliphatic rings. The zero-order valence-electron chi connectivity index (χ0n) is 10.2. The van der Waals surface area contributed by atoms with Gasteiger partial charge in [-0.05, 0) is 29.8 Å². The maximum atomic E-state index is 11.8. The van der Waals surface area contributed by atoms with Crippen molar-refractivity contribution in [2.24, 2.45) is 0 Å². The van der Waals surface area contributed by atoms with Crippen LogP contribution in [0.3, 0.4) is 0 Å². The van der Waals surface area contributed by atoms with Crippen LogP contribution in [0.25, 0.3) is 6.08 Å². The summed E-state index contributed by atoms with van der Waals surface area (Å²) >= 11 is 17.9. The molecule has 2 aromatic carbocycles. The fourth-order valence-corrected chi connectivity index (χ4v) is 2.10. The Kier molecular flexibility index (Phi) is 5.07. The minimum Gasteiger partial charge on any atom is -0.321 e. The van der Waals surface area contributed by atoms with Crippen molar-refractivity contribution in [3.63, 3.8) is 0 Å². The third-order valence-corrected chi connectivity index (χ3v) is 3.69. The van der Waals surface area contributed by atoms with Crippen molar-refractivity contribution < 1.29 is 4.79 Å². The summed E-state index contributed by atoms with van der Waals surface area (Å²) in [7, 11) is 0. The van der Waals surface area contributed by atoms with E-state index < -0.39 is 0 Å². The summed E-state index contributed by atoms with van der Waals surface area (Å²) in [6.07, 6.45) is 3.02. The molecule has 2 nitrogen and oxygen atoms in total. The lowest BCUT2D eigenvalue weighted by Gasteiger charge is -2.05. The highest BCUT2D eigenvalue weighted by Crippen LogP contribution is 2.29. The molecule has 2 rings (SSSR count). The van der Waals surface area contributed by atoms with Crippen LogP contribution in [0.15, 0.2) is 48.5 Å². The first kappa shape index (κ1) is 14.9. The second kappa shape index (κ2) is 6.80. The minimum atomic E-state index is -0.311. The van der Waals surface area contributed by atoms with Crippen molar-refractivity contribution >= 4 is 52.5 Å². The fourth-order valence-electron chi connectivity index (χ4n) is 1.55. The third-order valence-electron chi connectivity index (χ3n) is 2.53. The Morgan fingerprint density at radius 1 is 0.950 bits per heavy atom. The van der Waals surface area contributed by atoms with Gasteiger partial charge in [-0.15, -0.1) is 0 Å². The molecule has 5 heteroatoms. The van der Waals surface area contributed by atoms with E-state index in [0.717, 1.165) is 5.56 Å². The lowest BCUT2D eigenvalue weighted by Crippen LogP contribution is -2.08. The number of nitrogens with one attached hydrogen (secondary N) is 1. The van der Waals surface area contributed by atoms with E-state index in [1.807, 2.05) is 18.2 Å². The minimum absolute atomic E-state index is 0.311. The topological polar surface area (TPSA) is 29.1 Å². The van der Waals surface area contributed by atoms with Gasteiger partial charge in [-0.1, -0.05) is 59.1 Å². The van der Waals surface area contributed by atoms with Crippen LogP contribution in [0, 0.1) is 0 Å². The van der Waals surface area contributed by atoms with E-state index in [1.165, 1.54) is 6.08 Å². The highest BCUT2D eigenvalue weighted by atomic mass is 35.5. The number of halogens is 3. The summed E-state index contributed by atoms with van der Waals surface area (Å²) in [4.78, 5) is 11.8. The first-order chi connectivity index (χ1) is 9.58. The van der Waals surface area contributed by atoms with Crippen molar-refractivity contribution in [3.8, 4) is 0 Å². The molecule has 2 aromatic rings. The van der Waals surface area contributed by atoms with Gasteiger partial charge in [0.15, 0.2) is 0 Å². The Hall–Kier alpha value is -1.48. The fraction of sp³-hybridized carbons (Fsp3) is 0. The van der Waals surface area contributed by atoms with Gasteiger partial charge in [0, 0.05) is 11.1 Å². The van der Waals surface area contributed by atoms with Gasteiger partial charge >= 0.3 is 0 Å². The molecular weight excluding hydrogens is 317 g/mol. The SMILES string of the molecule is O=C(C=Cc1ccccc1Cl)Nc1cccc(Cl)c1Cl. The van der Waals surface area contributed by atoms with Crippen LogP contribution in [0.2, 0.25) is 15.1 Å². The highest BCUT2D eigenvalue weighted by molar-refractivity contribution is 6.44. The molecule has 0 unspecified atom stereocenters. The summed E-state index contributed by atoms with van der Waals surface area (Å²) in [6.45, 7) is 0. The molecule has 0 bridgehead atoms. The van der Waals surface area contributed by atoms with Crippen LogP contribution in [0.5, 0.6) is 0 Å². The molecule has 0 fully saturated rings. The maximum absolute atomic E-state index is 11.8. The standard InChI is InChI=1S/C15H10Cl3NO/c16-11-5-2-1-4-10(11)8-9-14(20)19-13-7-3-6-12(17)15(13)18/h1-9H,(H,19,20). The average molecular weight is 327 g/mol. The molecule has 0 spiro atoms. The van der Waals surface area contributed by atoms with Crippen LogP contribution >= 0.6 is 34.8 Å². The number of carbonyl (C=O) groups is 1. The normalized spacial score (nSPS) is 10.8. The molecule has 0 aliphatic heterocycles. The Morgan fingerprint density at radius 3 is 2.40 bits per heavy atom. The van der Waals surface area contributed by atoms with Gasteiger partial charge < -0.3 is 5.32 Å².